The van der Waals surface area contributed by atoms with Gasteiger partial charge in [-0.2, -0.15) is 14.0 Å². The van der Waals surface area contributed by atoms with E-state index in [4.69, 9.17) is 15.9 Å². The lowest BCUT2D eigenvalue weighted by Gasteiger charge is -2.13. The van der Waals surface area contributed by atoms with Crippen molar-refractivity contribution in [3.63, 3.8) is 0 Å². The Kier molecular flexibility index (Phi) is 2.58. The molecule has 0 amide bonds. The highest BCUT2D eigenvalue weighted by Gasteiger charge is 2.27. The minimum Gasteiger partial charge on any atom is -0.506 e. The molecule has 0 saturated heterocycles. The second-order valence-corrected chi connectivity index (χ2v) is 3.21. The molecular formula is C6H6ClNO6. The standard InChI is InChI=1S/C6H6ClNO6/c8-5-3(9)1-2-4(10)6(5)14-7(11,12)13/h1-2,9-10H,8H2. The van der Waals surface area contributed by atoms with Crippen LogP contribution in [0.25, 0.3) is 0 Å². The minimum absolute atomic E-state index is 0.503. The largest absolute Gasteiger partial charge is 0.506 e. The zero-order valence-corrected chi connectivity index (χ0v) is 7.39. The number of hydrogen-bond donors (Lipinski definition) is 3. The predicted molar refractivity (Wildman–Crippen MR) is 34.8 cm³/mol. The smallest absolute Gasteiger partial charge is 0.355 e. The number of phenolic OH excluding ortho intramolecular Hbond substituents is 2. The van der Waals surface area contributed by atoms with Gasteiger partial charge in [-0.25, -0.2) is 0 Å². The Morgan fingerprint density at radius 2 is 1.64 bits per heavy atom. The summed E-state index contributed by atoms with van der Waals surface area (Å²) < 4.78 is 34.3. The molecule has 7 nitrogen and oxygen atoms in total. The molecule has 0 saturated carbocycles. The number of benzene rings is 1. The molecule has 4 N–H and O–H groups in total. The van der Waals surface area contributed by atoms with E-state index >= 15 is 0 Å². The second-order valence-electron chi connectivity index (χ2n) is 2.30. The third-order valence-corrected chi connectivity index (χ3v) is 1.67. The van der Waals surface area contributed by atoms with Crippen LogP contribution in [-0.2, 0) is 0 Å². The van der Waals surface area contributed by atoms with E-state index in [1.807, 2.05) is 0 Å². The van der Waals surface area contributed by atoms with Crippen molar-refractivity contribution in [1.29, 1.82) is 0 Å². The first-order valence-corrected chi connectivity index (χ1v) is 4.45. The number of nitrogen functional groups attached to an aromatic ring is 1. The van der Waals surface area contributed by atoms with Crippen LogP contribution in [-0.4, -0.2) is 10.2 Å². The van der Waals surface area contributed by atoms with E-state index in [1.165, 1.54) is 0 Å². The average molecular weight is 224 g/mol. The molecule has 78 valence electrons. The molecule has 14 heavy (non-hydrogen) atoms. The van der Waals surface area contributed by atoms with Gasteiger partial charge in [0.05, 0.1) is 0 Å². The molecule has 1 aromatic carbocycles. The summed E-state index contributed by atoms with van der Waals surface area (Å²) in [5.41, 5.74) is 4.62. The van der Waals surface area contributed by atoms with E-state index in [1.54, 1.807) is 0 Å². The summed E-state index contributed by atoms with van der Waals surface area (Å²) >= 11 is 0. The summed E-state index contributed by atoms with van der Waals surface area (Å²) in [6.45, 7) is 0. The van der Waals surface area contributed by atoms with Crippen LogP contribution >= 0.6 is 0 Å². The average Bonchev–Trinajstić information content (AvgIpc) is 2.04. The molecule has 1 rings (SSSR count). The quantitative estimate of drug-likeness (QED) is 0.274. The van der Waals surface area contributed by atoms with Crippen molar-refractivity contribution >= 4 is 5.69 Å². The summed E-state index contributed by atoms with van der Waals surface area (Å²) in [7, 11) is -4.77. The van der Waals surface area contributed by atoms with E-state index in [-0.39, 0.29) is 0 Å². The number of rotatable bonds is 2. The predicted octanol–water partition coefficient (Wildman–Crippen LogP) is -3.04. The fourth-order valence-electron chi connectivity index (χ4n) is 0.753. The van der Waals surface area contributed by atoms with E-state index in [0.717, 1.165) is 12.1 Å². The van der Waals surface area contributed by atoms with E-state index in [2.05, 4.69) is 4.29 Å². The molecule has 0 heterocycles. The number of halogens is 1. The van der Waals surface area contributed by atoms with Crippen LogP contribution in [0.15, 0.2) is 12.1 Å². The fourth-order valence-corrected chi connectivity index (χ4v) is 1.10. The summed E-state index contributed by atoms with van der Waals surface area (Å²) in [5, 5.41) is 18.1. The fraction of sp³-hybridized carbons (Fsp3) is 0. The van der Waals surface area contributed by atoms with Crippen LogP contribution in [0.3, 0.4) is 0 Å². The Labute approximate surface area is 80.3 Å². The molecule has 0 aromatic heterocycles. The highest BCUT2D eigenvalue weighted by molar-refractivity contribution is 5.67. The monoisotopic (exact) mass is 223 g/mol. The van der Waals surface area contributed by atoms with Crippen molar-refractivity contribution in [3.8, 4) is 17.2 Å². The van der Waals surface area contributed by atoms with Gasteiger partial charge in [-0.1, -0.05) is 4.29 Å². The summed E-state index contributed by atoms with van der Waals surface area (Å²) in [6, 6.07) is 1.95. The van der Waals surface area contributed by atoms with Gasteiger partial charge < -0.3 is 15.9 Å². The molecule has 0 atom stereocenters. The van der Waals surface area contributed by atoms with E-state index < -0.39 is 33.2 Å². The molecule has 0 bridgehead atoms. The van der Waals surface area contributed by atoms with Crippen molar-refractivity contribution in [1.82, 2.24) is 0 Å². The Morgan fingerprint density at radius 1 is 1.14 bits per heavy atom. The van der Waals surface area contributed by atoms with Gasteiger partial charge in [0, 0.05) is 0 Å². The van der Waals surface area contributed by atoms with Crippen LogP contribution < -0.4 is 24.0 Å². The summed E-state index contributed by atoms with van der Waals surface area (Å²) in [6.07, 6.45) is 0. The van der Waals surface area contributed by atoms with Crippen LogP contribution in [0.2, 0.25) is 0 Å². The molecule has 1 aromatic rings. The van der Waals surface area contributed by atoms with Crippen molar-refractivity contribution in [2.24, 2.45) is 0 Å². The van der Waals surface area contributed by atoms with Gasteiger partial charge in [-0.3, -0.25) is 0 Å². The number of nitrogens with two attached hydrogens (primary N) is 1. The third-order valence-electron chi connectivity index (χ3n) is 1.32. The van der Waals surface area contributed by atoms with Gasteiger partial charge in [0.25, 0.3) is 0 Å². The summed E-state index contributed by atoms with van der Waals surface area (Å²) in [4.78, 5) is 0. The van der Waals surface area contributed by atoms with E-state index in [0.29, 0.717) is 0 Å². The lowest BCUT2D eigenvalue weighted by molar-refractivity contribution is -1.91. The molecule has 0 aliphatic heterocycles. The van der Waals surface area contributed by atoms with Gasteiger partial charge in [-0.15, -0.1) is 0 Å². The van der Waals surface area contributed by atoms with Gasteiger partial charge >= 0.3 is 5.75 Å². The lowest BCUT2D eigenvalue weighted by Crippen LogP contribution is -2.63. The molecular weight excluding hydrogens is 218 g/mol. The first kappa shape index (κ1) is 10.7. The van der Waals surface area contributed by atoms with Crippen molar-refractivity contribution in [2.45, 2.75) is 0 Å². The maximum atomic E-state index is 10.2. The zero-order valence-electron chi connectivity index (χ0n) is 6.64. The Morgan fingerprint density at radius 3 is 2.14 bits per heavy atom. The van der Waals surface area contributed by atoms with Crippen LogP contribution in [0.5, 0.6) is 17.2 Å². The number of phenols is 2. The maximum Gasteiger partial charge on any atom is 0.355 e. The number of aromatic hydroxyl groups is 2. The molecule has 0 radical (unpaired) electrons. The number of anilines is 1. The van der Waals surface area contributed by atoms with Crippen LogP contribution in [0.1, 0.15) is 0 Å². The van der Waals surface area contributed by atoms with Crippen LogP contribution in [0.4, 0.5) is 5.69 Å². The molecule has 0 aliphatic rings. The first-order chi connectivity index (χ1) is 6.31. The topological polar surface area (TPSA) is 145 Å². The molecule has 0 unspecified atom stereocenters. The zero-order chi connectivity index (χ0) is 10.9. The SMILES string of the molecule is Nc1c(O)ccc(O)c1O[Cl+3]([O-])([O-])[O-]. The van der Waals surface area contributed by atoms with Gasteiger partial charge in [0.2, 0.25) is 0 Å². The Hall–Kier alpha value is -1.41. The van der Waals surface area contributed by atoms with Gasteiger partial charge in [-0.05, 0) is 12.1 Å². The highest BCUT2D eigenvalue weighted by atomic mass is 35.7. The second kappa shape index (κ2) is 3.39. The normalized spacial score (nSPS) is 11.4. The molecule has 0 fully saturated rings. The molecule has 8 heteroatoms. The first-order valence-electron chi connectivity index (χ1n) is 3.22. The summed E-state index contributed by atoms with van der Waals surface area (Å²) in [5.74, 6) is -1.95. The van der Waals surface area contributed by atoms with Gasteiger partial charge in [0.15, 0.2) is 5.75 Å². The Bertz CT molecular complexity index is 349. The molecule has 0 aliphatic carbocycles. The van der Waals surface area contributed by atoms with Crippen molar-refractivity contribution in [3.05, 3.63) is 12.1 Å². The highest BCUT2D eigenvalue weighted by Crippen LogP contribution is 2.39. The third kappa shape index (κ3) is 2.30. The maximum absolute atomic E-state index is 10.2. The van der Waals surface area contributed by atoms with Gasteiger partial charge in [0.1, 0.15) is 21.7 Å². The lowest BCUT2D eigenvalue weighted by atomic mass is 10.2. The van der Waals surface area contributed by atoms with Crippen molar-refractivity contribution in [2.75, 3.05) is 5.73 Å². The molecule has 0 spiro atoms. The number of hydrogen-bond acceptors (Lipinski definition) is 7. The minimum atomic E-state index is -4.77. The van der Waals surface area contributed by atoms with E-state index in [9.17, 15) is 14.0 Å². The van der Waals surface area contributed by atoms with Crippen molar-refractivity contribution < 1.29 is 38.7 Å². The van der Waals surface area contributed by atoms with Crippen LogP contribution in [0, 0.1) is 10.2 Å². The Balaban J connectivity index is 3.13.